The van der Waals surface area contributed by atoms with E-state index in [2.05, 4.69) is 25.7 Å². The number of amides is 1. The van der Waals surface area contributed by atoms with Gasteiger partial charge in [-0.15, -0.1) is 11.3 Å². The van der Waals surface area contributed by atoms with Crippen LogP contribution in [-0.4, -0.2) is 35.6 Å². The molecule has 0 saturated heterocycles. The molecule has 0 unspecified atom stereocenters. The van der Waals surface area contributed by atoms with Gasteiger partial charge in [0.25, 0.3) is 5.91 Å². The fourth-order valence-electron chi connectivity index (χ4n) is 1.66. The van der Waals surface area contributed by atoms with Crippen LogP contribution in [-0.2, 0) is 0 Å². The summed E-state index contributed by atoms with van der Waals surface area (Å²) in [4.78, 5) is 15.7. The molecule has 4 heteroatoms. The summed E-state index contributed by atoms with van der Waals surface area (Å²) in [5, 5.41) is 8.63. The summed E-state index contributed by atoms with van der Waals surface area (Å²) in [6.07, 6.45) is 1.93. The van der Waals surface area contributed by atoms with E-state index in [0.717, 1.165) is 35.7 Å². The average molecular weight is 265 g/mol. The molecule has 18 heavy (non-hydrogen) atoms. The zero-order chi connectivity index (χ0) is 13.4. The second-order valence-electron chi connectivity index (χ2n) is 3.92. The summed E-state index contributed by atoms with van der Waals surface area (Å²) in [6.45, 7) is 5.58. The van der Waals surface area contributed by atoms with Crippen LogP contribution in [0.4, 0.5) is 0 Å². The van der Waals surface area contributed by atoms with Crippen molar-refractivity contribution in [1.82, 2.24) is 4.90 Å². The van der Waals surface area contributed by atoms with E-state index < -0.39 is 0 Å². The van der Waals surface area contributed by atoms with Gasteiger partial charge in [0, 0.05) is 13.1 Å². The Morgan fingerprint density at radius 3 is 2.56 bits per heavy atom. The quantitative estimate of drug-likeness (QED) is 0.830. The van der Waals surface area contributed by atoms with E-state index in [1.54, 1.807) is 0 Å². The van der Waals surface area contributed by atoms with Gasteiger partial charge in [-0.1, -0.05) is 25.7 Å². The van der Waals surface area contributed by atoms with E-state index in [1.807, 2.05) is 17.0 Å². The van der Waals surface area contributed by atoms with E-state index in [9.17, 15) is 4.79 Å². The van der Waals surface area contributed by atoms with E-state index in [0.29, 0.717) is 0 Å². The SMILES string of the molecule is CCCN(CCC)C(=O)c1ccc(C#CCO)s1. The number of hydrogen-bond acceptors (Lipinski definition) is 3. The van der Waals surface area contributed by atoms with Crippen molar-refractivity contribution in [1.29, 1.82) is 0 Å². The molecule has 3 nitrogen and oxygen atoms in total. The monoisotopic (exact) mass is 265 g/mol. The van der Waals surface area contributed by atoms with Gasteiger partial charge in [0.1, 0.15) is 6.61 Å². The van der Waals surface area contributed by atoms with Crippen LogP contribution in [0, 0.1) is 11.8 Å². The van der Waals surface area contributed by atoms with E-state index in [-0.39, 0.29) is 12.5 Å². The summed E-state index contributed by atoms with van der Waals surface area (Å²) in [5.74, 6) is 5.49. The zero-order valence-corrected chi connectivity index (χ0v) is 11.7. The minimum atomic E-state index is -0.154. The third-order valence-electron chi connectivity index (χ3n) is 2.38. The van der Waals surface area contributed by atoms with Crippen molar-refractivity contribution in [3.05, 3.63) is 21.9 Å². The molecular formula is C14H19NO2S. The molecule has 1 aromatic heterocycles. The van der Waals surface area contributed by atoms with Crippen LogP contribution in [0.3, 0.4) is 0 Å². The molecular weight excluding hydrogens is 246 g/mol. The number of rotatable bonds is 5. The highest BCUT2D eigenvalue weighted by Gasteiger charge is 2.15. The van der Waals surface area contributed by atoms with Crippen LogP contribution in [0.15, 0.2) is 12.1 Å². The number of nitrogens with zero attached hydrogens (tertiary/aromatic N) is 1. The van der Waals surface area contributed by atoms with Crippen LogP contribution >= 0.6 is 11.3 Å². The molecule has 0 atom stereocenters. The first-order valence-corrected chi connectivity index (χ1v) is 7.03. The highest BCUT2D eigenvalue weighted by atomic mass is 32.1. The third kappa shape index (κ3) is 4.17. The number of hydrogen-bond donors (Lipinski definition) is 1. The maximum Gasteiger partial charge on any atom is 0.263 e. The van der Waals surface area contributed by atoms with Crippen molar-refractivity contribution in [3.63, 3.8) is 0 Å². The molecule has 1 heterocycles. The van der Waals surface area contributed by atoms with Crippen LogP contribution in [0.2, 0.25) is 0 Å². The average Bonchev–Trinajstić information content (AvgIpc) is 2.84. The Hall–Kier alpha value is -1.31. The van der Waals surface area contributed by atoms with Gasteiger partial charge in [0.2, 0.25) is 0 Å². The number of carbonyl (C=O) groups excluding carboxylic acids is 1. The number of thiophene rings is 1. The molecule has 0 spiro atoms. The van der Waals surface area contributed by atoms with Crippen molar-refractivity contribution in [2.75, 3.05) is 19.7 Å². The number of aliphatic hydroxyl groups excluding tert-OH is 1. The maximum absolute atomic E-state index is 12.3. The van der Waals surface area contributed by atoms with E-state index in [4.69, 9.17) is 5.11 Å². The molecule has 0 bridgehead atoms. The highest BCUT2D eigenvalue weighted by molar-refractivity contribution is 7.14. The Morgan fingerprint density at radius 2 is 2.00 bits per heavy atom. The normalized spacial score (nSPS) is 9.72. The Labute approximate surface area is 112 Å². The fourth-order valence-corrected chi connectivity index (χ4v) is 2.51. The predicted molar refractivity (Wildman–Crippen MR) is 74.8 cm³/mol. The van der Waals surface area contributed by atoms with Crippen LogP contribution in [0.25, 0.3) is 0 Å². The molecule has 0 aromatic carbocycles. The van der Waals surface area contributed by atoms with Crippen LogP contribution in [0.5, 0.6) is 0 Å². The van der Waals surface area contributed by atoms with Gasteiger partial charge in [0.05, 0.1) is 9.75 Å². The zero-order valence-electron chi connectivity index (χ0n) is 10.9. The molecule has 0 aliphatic rings. The lowest BCUT2D eigenvalue weighted by atomic mass is 10.3. The molecule has 0 fully saturated rings. The largest absolute Gasteiger partial charge is 0.384 e. The lowest BCUT2D eigenvalue weighted by Gasteiger charge is -2.20. The topological polar surface area (TPSA) is 40.5 Å². The first-order valence-electron chi connectivity index (χ1n) is 6.21. The molecule has 98 valence electrons. The first-order chi connectivity index (χ1) is 8.72. The lowest BCUT2D eigenvalue weighted by molar-refractivity contribution is 0.0760. The van der Waals surface area contributed by atoms with Crippen LogP contribution in [0.1, 0.15) is 41.2 Å². The van der Waals surface area contributed by atoms with Crippen molar-refractivity contribution in [3.8, 4) is 11.8 Å². The summed E-state index contributed by atoms with van der Waals surface area (Å²) >= 11 is 1.39. The van der Waals surface area contributed by atoms with Crippen molar-refractivity contribution < 1.29 is 9.90 Å². The molecule has 0 aliphatic carbocycles. The summed E-state index contributed by atoms with van der Waals surface area (Å²) in [6, 6.07) is 3.64. The van der Waals surface area contributed by atoms with Gasteiger partial charge in [-0.25, -0.2) is 0 Å². The van der Waals surface area contributed by atoms with Gasteiger partial charge in [-0.05, 0) is 25.0 Å². The minimum absolute atomic E-state index is 0.0840. The Balaban J connectivity index is 2.78. The second kappa shape index (κ2) is 7.91. The third-order valence-corrected chi connectivity index (χ3v) is 3.37. The van der Waals surface area contributed by atoms with Gasteiger partial charge in [0.15, 0.2) is 0 Å². The Morgan fingerprint density at radius 1 is 1.33 bits per heavy atom. The Kier molecular flexibility index (Phi) is 6.48. The molecule has 1 N–H and O–H groups in total. The van der Waals surface area contributed by atoms with Gasteiger partial charge >= 0.3 is 0 Å². The standard InChI is InChI=1S/C14H19NO2S/c1-3-9-15(10-4-2)14(17)13-8-7-12(18-13)6-5-11-16/h7-8,16H,3-4,9-11H2,1-2H3. The summed E-state index contributed by atoms with van der Waals surface area (Å²) in [7, 11) is 0. The van der Waals surface area contributed by atoms with Gasteiger partial charge < -0.3 is 10.0 Å². The molecule has 1 rings (SSSR count). The fraction of sp³-hybridized carbons (Fsp3) is 0.500. The second-order valence-corrected chi connectivity index (χ2v) is 5.00. The Bertz CT molecular complexity index is 436. The van der Waals surface area contributed by atoms with Gasteiger partial charge in [-0.3, -0.25) is 4.79 Å². The highest BCUT2D eigenvalue weighted by Crippen LogP contribution is 2.18. The number of aliphatic hydroxyl groups is 1. The smallest absolute Gasteiger partial charge is 0.263 e. The molecule has 0 radical (unpaired) electrons. The summed E-state index contributed by atoms with van der Waals surface area (Å²) in [5.41, 5.74) is 0. The van der Waals surface area contributed by atoms with Crippen LogP contribution < -0.4 is 0 Å². The minimum Gasteiger partial charge on any atom is -0.384 e. The van der Waals surface area contributed by atoms with Gasteiger partial charge in [-0.2, -0.15) is 0 Å². The summed E-state index contributed by atoms with van der Waals surface area (Å²) < 4.78 is 0. The van der Waals surface area contributed by atoms with E-state index in [1.165, 1.54) is 11.3 Å². The first kappa shape index (κ1) is 14.7. The van der Waals surface area contributed by atoms with E-state index >= 15 is 0 Å². The van der Waals surface area contributed by atoms with Crippen molar-refractivity contribution in [2.24, 2.45) is 0 Å². The van der Waals surface area contributed by atoms with Crippen molar-refractivity contribution in [2.45, 2.75) is 26.7 Å². The maximum atomic E-state index is 12.3. The van der Waals surface area contributed by atoms with Crippen molar-refractivity contribution >= 4 is 17.2 Å². The molecule has 0 aliphatic heterocycles. The lowest BCUT2D eigenvalue weighted by Crippen LogP contribution is -2.31. The molecule has 0 saturated carbocycles. The molecule has 1 amide bonds. The molecule has 1 aromatic rings. The predicted octanol–water partition coefficient (Wildman–Crippen LogP) is 2.35. The number of carbonyl (C=O) groups is 1.